The molecule has 1 aliphatic carbocycles. The molecule has 0 unspecified atom stereocenters. The maximum atomic E-state index is 12.8. The number of esters is 1. The van der Waals surface area contributed by atoms with Crippen LogP contribution in [0.4, 0.5) is 5.69 Å². The number of ether oxygens (including phenoxy) is 1. The first-order valence-corrected chi connectivity index (χ1v) is 11.1. The van der Waals surface area contributed by atoms with Crippen molar-refractivity contribution in [3.63, 3.8) is 0 Å². The van der Waals surface area contributed by atoms with Gasteiger partial charge in [0.2, 0.25) is 0 Å². The van der Waals surface area contributed by atoms with E-state index in [1.165, 1.54) is 0 Å². The predicted molar refractivity (Wildman–Crippen MR) is 102 cm³/mol. The van der Waals surface area contributed by atoms with Gasteiger partial charge in [-0.05, 0) is 37.8 Å². The Kier molecular flexibility index (Phi) is 5.74. The zero-order valence-corrected chi connectivity index (χ0v) is 16.3. The number of anilines is 1. The molecule has 1 amide bonds. The van der Waals surface area contributed by atoms with Gasteiger partial charge in [-0.1, -0.05) is 25.0 Å². The first-order chi connectivity index (χ1) is 12.8. The molecule has 2 N–H and O–H groups in total. The molecule has 0 radical (unpaired) electrons. The minimum Gasteiger partial charge on any atom is -0.452 e. The number of hydrogen-bond donors (Lipinski definition) is 1. The number of nitrogens with zero attached hydrogens (tertiary/aromatic N) is 1. The van der Waals surface area contributed by atoms with E-state index in [0.29, 0.717) is 12.1 Å². The van der Waals surface area contributed by atoms with Crippen LogP contribution in [-0.4, -0.2) is 55.4 Å². The van der Waals surface area contributed by atoms with Gasteiger partial charge in [0.1, 0.15) is 0 Å². The Morgan fingerprint density at radius 3 is 2.52 bits per heavy atom. The van der Waals surface area contributed by atoms with Crippen molar-refractivity contribution in [2.75, 3.05) is 23.8 Å². The maximum Gasteiger partial charge on any atom is 0.340 e. The van der Waals surface area contributed by atoms with Gasteiger partial charge < -0.3 is 15.4 Å². The number of hydrogen-bond acceptors (Lipinski definition) is 6. The first-order valence-electron chi connectivity index (χ1n) is 9.32. The third kappa shape index (κ3) is 4.43. The maximum absolute atomic E-state index is 12.8. The molecule has 0 aromatic heterocycles. The summed E-state index contributed by atoms with van der Waals surface area (Å²) in [5, 5.41) is 0. The van der Waals surface area contributed by atoms with Crippen molar-refractivity contribution in [2.45, 2.75) is 51.1 Å². The van der Waals surface area contributed by atoms with E-state index >= 15 is 0 Å². The predicted octanol–water partition coefficient (Wildman–Crippen LogP) is 1.69. The molecule has 1 saturated heterocycles. The van der Waals surface area contributed by atoms with Crippen LogP contribution < -0.4 is 5.73 Å². The van der Waals surface area contributed by atoms with Gasteiger partial charge in [0, 0.05) is 17.8 Å². The quantitative estimate of drug-likeness (QED) is 0.602. The van der Waals surface area contributed by atoms with E-state index in [9.17, 15) is 18.0 Å². The van der Waals surface area contributed by atoms with E-state index in [0.717, 1.165) is 31.2 Å². The molecule has 0 bridgehead atoms. The molecule has 1 atom stereocenters. The summed E-state index contributed by atoms with van der Waals surface area (Å²) < 4.78 is 29.0. The average molecular weight is 394 g/mol. The van der Waals surface area contributed by atoms with E-state index in [1.807, 2.05) is 0 Å². The molecular formula is C19H26N2O5S. The lowest BCUT2D eigenvalue weighted by molar-refractivity contribution is -0.139. The summed E-state index contributed by atoms with van der Waals surface area (Å²) in [6.07, 6.45) is 4.21. The first kappa shape index (κ1) is 19.7. The van der Waals surface area contributed by atoms with Crippen molar-refractivity contribution in [2.24, 2.45) is 0 Å². The molecule has 0 spiro atoms. The van der Waals surface area contributed by atoms with Crippen molar-refractivity contribution < 1.29 is 22.7 Å². The van der Waals surface area contributed by atoms with Crippen molar-refractivity contribution in [1.29, 1.82) is 0 Å². The molecule has 27 heavy (non-hydrogen) atoms. The third-order valence-corrected chi connectivity index (χ3v) is 7.23. The standard InChI is InChI=1S/C19H26N2O5S/c1-13-5-4-8-16(18(13)20)19(23)26-11-17(22)21(14-6-2-3-7-14)15-9-10-27(24,25)12-15/h4-5,8,14-15H,2-3,6-7,9-12,20H2,1H3/t15-/m1/s1. The van der Waals surface area contributed by atoms with Crippen LogP contribution in [0.3, 0.4) is 0 Å². The molecule has 7 nitrogen and oxygen atoms in total. The van der Waals surface area contributed by atoms with Crippen LogP contribution in [0.5, 0.6) is 0 Å². The second-order valence-electron chi connectivity index (χ2n) is 7.41. The Morgan fingerprint density at radius 1 is 1.19 bits per heavy atom. The molecule has 3 rings (SSSR count). The van der Waals surface area contributed by atoms with Gasteiger partial charge in [0.05, 0.1) is 17.1 Å². The fourth-order valence-electron chi connectivity index (χ4n) is 4.02. The number of sulfone groups is 1. The lowest BCUT2D eigenvalue weighted by Crippen LogP contribution is -2.48. The largest absolute Gasteiger partial charge is 0.452 e. The smallest absolute Gasteiger partial charge is 0.340 e. The molecule has 1 saturated carbocycles. The summed E-state index contributed by atoms with van der Waals surface area (Å²) in [7, 11) is -3.11. The van der Waals surface area contributed by atoms with E-state index in [1.54, 1.807) is 30.0 Å². The zero-order valence-electron chi connectivity index (χ0n) is 15.5. The topological polar surface area (TPSA) is 107 Å². The number of aryl methyl sites for hydroxylation is 1. The van der Waals surface area contributed by atoms with Gasteiger partial charge in [-0.25, -0.2) is 13.2 Å². The molecular weight excluding hydrogens is 368 g/mol. The van der Waals surface area contributed by atoms with Crippen LogP contribution in [0.15, 0.2) is 18.2 Å². The highest BCUT2D eigenvalue weighted by Gasteiger charge is 2.39. The number of carbonyl (C=O) groups excluding carboxylic acids is 2. The van der Waals surface area contributed by atoms with E-state index in [2.05, 4.69) is 0 Å². The van der Waals surface area contributed by atoms with Gasteiger partial charge in [0.15, 0.2) is 16.4 Å². The van der Waals surface area contributed by atoms with E-state index < -0.39 is 22.4 Å². The number of benzene rings is 1. The van der Waals surface area contributed by atoms with Gasteiger partial charge in [-0.3, -0.25) is 4.79 Å². The van der Waals surface area contributed by atoms with Crippen LogP contribution in [0.25, 0.3) is 0 Å². The van der Waals surface area contributed by atoms with Crippen molar-refractivity contribution in [1.82, 2.24) is 4.90 Å². The number of carbonyl (C=O) groups is 2. The molecule has 1 aliphatic heterocycles. The number of para-hydroxylation sites is 1. The fourth-order valence-corrected chi connectivity index (χ4v) is 5.73. The fraction of sp³-hybridized carbons (Fsp3) is 0.579. The van der Waals surface area contributed by atoms with Crippen LogP contribution in [0, 0.1) is 6.92 Å². The molecule has 8 heteroatoms. The average Bonchev–Trinajstić information content (AvgIpc) is 3.25. The second kappa shape index (κ2) is 7.88. The number of rotatable bonds is 5. The molecule has 2 fully saturated rings. The molecule has 1 aromatic rings. The summed E-state index contributed by atoms with van der Waals surface area (Å²) in [5.41, 5.74) is 7.25. The monoisotopic (exact) mass is 394 g/mol. The zero-order chi connectivity index (χ0) is 19.6. The van der Waals surface area contributed by atoms with Crippen LogP contribution in [0.1, 0.15) is 48.0 Å². The van der Waals surface area contributed by atoms with Crippen molar-refractivity contribution in [3.8, 4) is 0 Å². The summed E-state index contributed by atoms with van der Waals surface area (Å²) in [6, 6.07) is 4.76. The number of nitrogens with two attached hydrogens (primary N) is 1. The van der Waals surface area contributed by atoms with Crippen LogP contribution in [0.2, 0.25) is 0 Å². The van der Waals surface area contributed by atoms with Crippen LogP contribution in [-0.2, 0) is 19.4 Å². The molecule has 148 valence electrons. The second-order valence-corrected chi connectivity index (χ2v) is 9.64. The van der Waals surface area contributed by atoms with Crippen LogP contribution >= 0.6 is 0 Å². The van der Waals surface area contributed by atoms with Crippen molar-refractivity contribution >= 4 is 27.4 Å². The van der Waals surface area contributed by atoms with E-state index in [-0.39, 0.29) is 35.1 Å². The Bertz CT molecular complexity index is 831. The van der Waals surface area contributed by atoms with Gasteiger partial charge in [-0.15, -0.1) is 0 Å². The minimum absolute atomic E-state index is 0.00594. The van der Waals surface area contributed by atoms with Gasteiger partial charge in [0.25, 0.3) is 5.91 Å². The Balaban J connectivity index is 1.69. The summed E-state index contributed by atoms with van der Waals surface area (Å²) >= 11 is 0. The lowest BCUT2D eigenvalue weighted by Gasteiger charge is -2.33. The Morgan fingerprint density at radius 2 is 1.89 bits per heavy atom. The highest BCUT2D eigenvalue weighted by molar-refractivity contribution is 7.91. The van der Waals surface area contributed by atoms with Gasteiger partial charge in [-0.2, -0.15) is 0 Å². The number of nitrogen functional groups attached to an aromatic ring is 1. The molecule has 1 heterocycles. The Hall–Kier alpha value is -2.09. The molecule has 1 aromatic carbocycles. The van der Waals surface area contributed by atoms with Crippen molar-refractivity contribution in [3.05, 3.63) is 29.3 Å². The summed E-state index contributed by atoms with van der Waals surface area (Å²) in [4.78, 5) is 26.8. The number of amides is 1. The SMILES string of the molecule is Cc1cccc(C(=O)OCC(=O)N(C2CCCC2)[C@@H]2CCS(=O)(=O)C2)c1N. The third-order valence-electron chi connectivity index (χ3n) is 5.48. The summed E-state index contributed by atoms with van der Waals surface area (Å²) in [6.45, 7) is 1.39. The normalized spacial score (nSPS) is 21.9. The lowest BCUT2D eigenvalue weighted by atomic mass is 10.1. The minimum atomic E-state index is -3.11. The highest BCUT2D eigenvalue weighted by atomic mass is 32.2. The molecule has 2 aliphatic rings. The highest BCUT2D eigenvalue weighted by Crippen LogP contribution is 2.29. The summed E-state index contributed by atoms with van der Waals surface area (Å²) in [5.74, 6) is -0.875. The Labute approximate surface area is 159 Å². The van der Waals surface area contributed by atoms with E-state index in [4.69, 9.17) is 10.5 Å². The van der Waals surface area contributed by atoms with Gasteiger partial charge >= 0.3 is 5.97 Å².